The molecule has 0 spiro atoms. The molecule has 2 heterocycles. The molecular weight excluding hydrogens is 316 g/mol. The third-order valence-electron chi connectivity index (χ3n) is 4.20. The first kappa shape index (κ1) is 17.4. The molecule has 2 aromatic heterocycles. The third kappa shape index (κ3) is 3.96. The monoisotopic (exact) mass is 340 g/mol. The minimum atomic E-state index is 0.325. The molecule has 0 radical (unpaired) electrons. The van der Waals surface area contributed by atoms with E-state index < -0.39 is 0 Å². The van der Waals surface area contributed by atoms with Crippen molar-refractivity contribution in [2.45, 2.75) is 45.8 Å². The first-order valence-corrected chi connectivity index (χ1v) is 8.63. The van der Waals surface area contributed by atoms with E-state index in [2.05, 4.69) is 45.7 Å². The van der Waals surface area contributed by atoms with Gasteiger partial charge in [-0.1, -0.05) is 55.8 Å². The van der Waals surface area contributed by atoms with Crippen molar-refractivity contribution in [3.63, 3.8) is 0 Å². The quantitative estimate of drug-likeness (QED) is 0.619. The molecule has 0 bridgehead atoms. The molecule has 0 fully saturated rings. The first-order valence-electron chi connectivity index (χ1n) is 8.63. The molecule has 132 valence electrons. The van der Waals surface area contributed by atoms with E-state index in [0.29, 0.717) is 30.8 Å². The number of benzene rings is 1. The Bertz CT molecular complexity index is 795. The van der Waals surface area contributed by atoms with Crippen LogP contribution in [-0.2, 0) is 17.9 Å². The van der Waals surface area contributed by atoms with Crippen LogP contribution in [0.5, 0.6) is 0 Å². The highest BCUT2D eigenvalue weighted by Crippen LogP contribution is 2.31. The smallest absolute Gasteiger partial charge is 0.252 e. The van der Waals surface area contributed by atoms with Gasteiger partial charge in [0.05, 0.1) is 18.6 Å². The second-order valence-electron chi connectivity index (χ2n) is 6.20. The highest BCUT2D eigenvalue weighted by atomic mass is 16.5. The number of nitrogens with zero attached hydrogens (tertiary/aromatic N) is 4. The Morgan fingerprint density at radius 1 is 1.24 bits per heavy atom. The molecule has 0 aliphatic rings. The average Bonchev–Trinajstić information content (AvgIpc) is 3.24. The van der Waals surface area contributed by atoms with Crippen LogP contribution in [0.25, 0.3) is 11.3 Å². The van der Waals surface area contributed by atoms with Gasteiger partial charge in [-0.15, -0.1) is 0 Å². The van der Waals surface area contributed by atoms with E-state index in [9.17, 15) is 0 Å². The van der Waals surface area contributed by atoms with Gasteiger partial charge in [0.15, 0.2) is 5.82 Å². The fourth-order valence-electron chi connectivity index (χ4n) is 3.11. The van der Waals surface area contributed by atoms with E-state index in [4.69, 9.17) is 9.26 Å². The van der Waals surface area contributed by atoms with Crippen LogP contribution in [0, 0.1) is 0 Å². The van der Waals surface area contributed by atoms with Crippen LogP contribution in [-0.4, -0.2) is 26.8 Å². The van der Waals surface area contributed by atoms with Crippen molar-refractivity contribution >= 4 is 0 Å². The normalized spacial score (nSPS) is 12.4. The van der Waals surface area contributed by atoms with Crippen molar-refractivity contribution in [3.8, 4) is 11.3 Å². The molecule has 0 aliphatic heterocycles. The molecule has 6 nitrogen and oxygen atoms in total. The summed E-state index contributed by atoms with van der Waals surface area (Å²) in [5, 5.41) is 4.04. The van der Waals surface area contributed by atoms with E-state index in [1.165, 1.54) is 5.69 Å². The molecule has 0 saturated heterocycles. The van der Waals surface area contributed by atoms with Crippen molar-refractivity contribution in [2.75, 3.05) is 7.11 Å². The van der Waals surface area contributed by atoms with Crippen molar-refractivity contribution < 1.29 is 9.26 Å². The van der Waals surface area contributed by atoms with Crippen LogP contribution in [0.15, 0.2) is 41.2 Å². The van der Waals surface area contributed by atoms with Crippen molar-refractivity contribution in [3.05, 3.63) is 54.1 Å². The Balaban J connectivity index is 1.93. The summed E-state index contributed by atoms with van der Waals surface area (Å²) in [5.41, 5.74) is 3.38. The van der Waals surface area contributed by atoms with Gasteiger partial charge in [-0.25, -0.2) is 4.98 Å². The zero-order valence-electron chi connectivity index (χ0n) is 15.0. The first-order chi connectivity index (χ1) is 12.2. The summed E-state index contributed by atoms with van der Waals surface area (Å²) in [6, 6.07) is 10.3. The Morgan fingerprint density at radius 2 is 2.04 bits per heavy atom. The van der Waals surface area contributed by atoms with E-state index in [1.807, 2.05) is 24.5 Å². The number of hydrogen-bond acceptors (Lipinski definition) is 5. The molecule has 0 N–H and O–H groups in total. The van der Waals surface area contributed by atoms with Gasteiger partial charge in [0.25, 0.3) is 5.89 Å². The zero-order valence-corrected chi connectivity index (χ0v) is 15.0. The molecule has 0 unspecified atom stereocenters. The summed E-state index contributed by atoms with van der Waals surface area (Å²) in [6.45, 7) is 5.31. The second kappa shape index (κ2) is 8.07. The van der Waals surface area contributed by atoms with Gasteiger partial charge in [-0.2, -0.15) is 4.98 Å². The maximum Gasteiger partial charge on any atom is 0.252 e. The Labute approximate surface area is 147 Å². The molecule has 3 rings (SSSR count). The number of rotatable bonds is 8. The lowest BCUT2D eigenvalue weighted by atomic mass is 9.97. The molecule has 1 aromatic carbocycles. The van der Waals surface area contributed by atoms with Crippen LogP contribution < -0.4 is 0 Å². The SMILES string of the molecule is CCC[C@@H](C)c1c(-c2ccccc2)ncn1Cc1noc(COC)n1. The average molecular weight is 340 g/mol. The Hall–Kier alpha value is -2.47. The summed E-state index contributed by atoms with van der Waals surface area (Å²) >= 11 is 0. The fourth-order valence-corrected chi connectivity index (χ4v) is 3.11. The third-order valence-corrected chi connectivity index (χ3v) is 4.20. The topological polar surface area (TPSA) is 66.0 Å². The minimum absolute atomic E-state index is 0.325. The van der Waals surface area contributed by atoms with E-state index in [0.717, 1.165) is 24.1 Å². The van der Waals surface area contributed by atoms with Gasteiger partial charge in [0.1, 0.15) is 6.61 Å². The van der Waals surface area contributed by atoms with Crippen LogP contribution in [0.1, 0.15) is 50.0 Å². The highest BCUT2D eigenvalue weighted by molar-refractivity contribution is 5.62. The summed E-state index contributed by atoms with van der Waals surface area (Å²) in [7, 11) is 1.61. The summed E-state index contributed by atoms with van der Waals surface area (Å²) < 4.78 is 12.4. The van der Waals surface area contributed by atoms with Gasteiger partial charge in [-0.05, 0) is 12.3 Å². The lowest BCUT2D eigenvalue weighted by Gasteiger charge is -2.15. The van der Waals surface area contributed by atoms with Crippen LogP contribution in [0.2, 0.25) is 0 Å². The number of hydrogen-bond donors (Lipinski definition) is 0. The van der Waals surface area contributed by atoms with Crippen molar-refractivity contribution in [1.82, 2.24) is 19.7 Å². The minimum Gasteiger partial charge on any atom is -0.375 e. The van der Waals surface area contributed by atoms with Crippen LogP contribution in [0.4, 0.5) is 0 Å². The van der Waals surface area contributed by atoms with Crippen LogP contribution >= 0.6 is 0 Å². The molecule has 0 amide bonds. The van der Waals surface area contributed by atoms with Gasteiger partial charge >= 0.3 is 0 Å². The van der Waals surface area contributed by atoms with Gasteiger partial charge in [-0.3, -0.25) is 0 Å². The largest absolute Gasteiger partial charge is 0.375 e. The van der Waals surface area contributed by atoms with E-state index in [-0.39, 0.29) is 0 Å². The highest BCUT2D eigenvalue weighted by Gasteiger charge is 2.19. The molecule has 6 heteroatoms. The van der Waals surface area contributed by atoms with E-state index >= 15 is 0 Å². The zero-order chi connectivity index (χ0) is 17.6. The van der Waals surface area contributed by atoms with Gasteiger partial charge < -0.3 is 13.8 Å². The molecule has 1 atom stereocenters. The maximum atomic E-state index is 5.20. The summed E-state index contributed by atoms with van der Waals surface area (Å²) in [5.74, 6) is 1.52. The maximum absolute atomic E-state index is 5.20. The molecule has 0 aliphatic carbocycles. The van der Waals surface area contributed by atoms with Crippen molar-refractivity contribution in [2.24, 2.45) is 0 Å². The van der Waals surface area contributed by atoms with Crippen LogP contribution in [0.3, 0.4) is 0 Å². The predicted molar refractivity (Wildman–Crippen MR) is 95.1 cm³/mol. The Morgan fingerprint density at radius 3 is 2.76 bits per heavy atom. The van der Waals surface area contributed by atoms with Gasteiger partial charge in [0, 0.05) is 18.4 Å². The fraction of sp³-hybridized carbons (Fsp3) is 0.421. The number of ether oxygens (including phenoxy) is 1. The lowest BCUT2D eigenvalue weighted by Crippen LogP contribution is -2.08. The number of imidazole rings is 1. The predicted octanol–water partition coefficient (Wildman–Crippen LogP) is 4.03. The van der Waals surface area contributed by atoms with Crippen molar-refractivity contribution in [1.29, 1.82) is 0 Å². The number of aromatic nitrogens is 4. The number of methoxy groups -OCH3 is 1. The standard InChI is InChI=1S/C19H24N4O2/c1-4-8-14(2)19-18(15-9-6-5-7-10-15)20-13-23(19)11-16-21-17(12-24-3)25-22-16/h5-7,9-10,13-14H,4,8,11-12H2,1-3H3/t14-/m1/s1. The van der Waals surface area contributed by atoms with E-state index in [1.54, 1.807) is 7.11 Å². The Kier molecular flexibility index (Phi) is 5.60. The molecule has 3 aromatic rings. The lowest BCUT2D eigenvalue weighted by molar-refractivity contribution is 0.151. The summed E-state index contributed by atoms with van der Waals surface area (Å²) in [4.78, 5) is 9.05. The summed E-state index contributed by atoms with van der Waals surface area (Å²) in [6.07, 6.45) is 4.10. The molecular formula is C19H24N4O2. The second-order valence-corrected chi connectivity index (χ2v) is 6.20. The molecule has 25 heavy (non-hydrogen) atoms. The molecule has 0 saturated carbocycles. The van der Waals surface area contributed by atoms with Gasteiger partial charge in [0.2, 0.25) is 0 Å².